The number of hydrogen-bond donors (Lipinski definition) is 2. The molecule has 5 nitrogen and oxygen atoms in total. The molecule has 2 aromatic carbocycles. The van der Waals surface area contributed by atoms with Crippen molar-refractivity contribution >= 4 is 33.2 Å². The van der Waals surface area contributed by atoms with E-state index in [1.165, 1.54) is 18.2 Å². The van der Waals surface area contributed by atoms with E-state index in [1.807, 2.05) is 26.0 Å². The van der Waals surface area contributed by atoms with Crippen LogP contribution >= 0.6 is 11.6 Å². The second-order valence-electron chi connectivity index (χ2n) is 5.43. The Labute approximate surface area is 147 Å². The van der Waals surface area contributed by atoms with Crippen LogP contribution in [0.25, 0.3) is 0 Å². The van der Waals surface area contributed by atoms with E-state index in [2.05, 4.69) is 10.0 Å². The van der Waals surface area contributed by atoms with Gasteiger partial charge in [-0.15, -0.1) is 0 Å². The van der Waals surface area contributed by atoms with Gasteiger partial charge in [-0.3, -0.25) is 9.52 Å². The normalized spacial score (nSPS) is 11.2. The van der Waals surface area contributed by atoms with Gasteiger partial charge in [-0.05, 0) is 50.6 Å². The van der Waals surface area contributed by atoms with Gasteiger partial charge in [0.1, 0.15) is 4.90 Å². The van der Waals surface area contributed by atoms with Crippen molar-refractivity contribution in [1.29, 1.82) is 0 Å². The first-order valence-corrected chi connectivity index (χ1v) is 9.28. The first kappa shape index (κ1) is 18.3. The van der Waals surface area contributed by atoms with Crippen molar-refractivity contribution in [2.45, 2.75) is 25.7 Å². The van der Waals surface area contributed by atoms with Crippen LogP contribution in [-0.2, 0) is 10.0 Å². The summed E-state index contributed by atoms with van der Waals surface area (Å²) in [5, 5.41) is 2.68. The molecule has 128 valence electrons. The number of hydrogen-bond acceptors (Lipinski definition) is 3. The maximum atomic E-state index is 12.7. The van der Waals surface area contributed by atoms with E-state index >= 15 is 0 Å². The molecule has 0 bridgehead atoms. The van der Waals surface area contributed by atoms with E-state index in [0.29, 0.717) is 12.2 Å². The molecule has 0 heterocycles. The summed E-state index contributed by atoms with van der Waals surface area (Å²) in [6.45, 7) is 5.98. The predicted molar refractivity (Wildman–Crippen MR) is 96.2 cm³/mol. The zero-order valence-electron chi connectivity index (χ0n) is 13.7. The number of anilines is 1. The summed E-state index contributed by atoms with van der Waals surface area (Å²) >= 11 is 6.04. The second kappa shape index (κ2) is 7.23. The molecule has 0 atom stereocenters. The third kappa shape index (κ3) is 4.07. The molecule has 2 rings (SSSR count). The Morgan fingerprint density at radius 2 is 1.83 bits per heavy atom. The lowest BCUT2D eigenvalue weighted by molar-refractivity contribution is 0.0955. The van der Waals surface area contributed by atoms with Gasteiger partial charge in [-0.1, -0.05) is 29.3 Å². The molecule has 0 spiro atoms. The van der Waals surface area contributed by atoms with E-state index in [9.17, 15) is 13.2 Å². The third-order valence-electron chi connectivity index (χ3n) is 3.45. The van der Waals surface area contributed by atoms with Crippen molar-refractivity contribution in [3.05, 3.63) is 58.1 Å². The maximum absolute atomic E-state index is 12.7. The van der Waals surface area contributed by atoms with Crippen LogP contribution in [-0.4, -0.2) is 20.9 Å². The minimum atomic E-state index is -3.91. The molecular formula is C17H19ClN2O3S. The van der Waals surface area contributed by atoms with E-state index in [4.69, 9.17) is 11.6 Å². The molecule has 2 N–H and O–H groups in total. The lowest BCUT2D eigenvalue weighted by atomic mass is 10.1. The summed E-state index contributed by atoms with van der Waals surface area (Å²) in [6.07, 6.45) is 0. The van der Waals surface area contributed by atoms with E-state index < -0.39 is 10.0 Å². The quantitative estimate of drug-likeness (QED) is 0.850. The molecular weight excluding hydrogens is 348 g/mol. The van der Waals surface area contributed by atoms with E-state index in [1.54, 1.807) is 13.0 Å². The summed E-state index contributed by atoms with van der Waals surface area (Å²) in [4.78, 5) is 11.8. The number of rotatable bonds is 5. The van der Waals surface area contributed by atoms with Crippen molar-refractivity contribution in [3.63, 3.8) is 0 Å². The number of benzene rings is 2. The minimum absolute atomic E-state index is 0.0558. The fourth-order valence-corrected chi connectivity index (χ4v) is 3.90. The van der Waals surface area contributed by atoms with Crippen molar-refractivity contribution in [2.24, 2.45) is 0 Å². The van der Waals surface area contributed by atoms with Crippen LogP contribution in [0.4, 0.5) is 5.69 Å². The van der Waals surface area contributed by atoms with Crippen LogP contribution in [0.15, 0.2) is 41.3 Å². The molecule has 0 saturated heterocycles. The summed E-state index contributed by atoms with van der Waals surface area (Å²) in [6, 6.07) is 9.57. The van der Waals surface area contributed by atoms with Crippen molar-refractivity contribution in [2.75, 3.05) is 11.3 Å². The van der Waals surface area contributed by atoms with Gasteiger partial charge in [0.15, 0.2) is 0 Å². The molecule has 1 amide bonds. The number of carbonyl (C=O) groups excluding carboxylic acids is 1. The van der Waals surface area contributed by atoms with Gasteiger partial charge < -0.3 is 5.32 Å². The first-order valence-electron chi connectivity index (χ1n) is 7.42. The van der Waals surface area contributed by atoms with Crippen molar-refractivity contribution < 1.29 is 13.2 Å². The van der Waals surface area contributed by atoms with Gasteiger partial charge in [0.25, 0.3) is 15.9 Å². The van der Waals surface area contributed by atoms with Crippen LogP contribution in [0.5, 0.6) is 0 Å². The van der Waals surface area contributed by atoms with Gasteiger partial charge in [0.2, 0.25) is 0 Å². The Bertz CT molecular complexity index is 879. The second-order valence-corrected chi connectivity index (χ2v) is 7.49. The zero-order chi connectivity index (χ0) is 17.9. The minimum Gasteiger partial charge on any atom is -0.352 e. The summed E-state index contributed by atoms with van der Waals surface area (Å²) in [5.74, 6) is -0.350. The fourth-order valence-electron chi connectivity index (χ4n) is 2.24. The molecule has 0 saturated carbocycles. The highest BCUT2D eigenvalue weighted by Gasteiger charge is 2.21. The van der Waals surface area contributed by atoms with Crippen LogP contribution in [0.1, 0.15) is 28.4 Å². The summed E-state index contributed by atoms with van der Waals surface area (Å²) < 4.78 is 27.9. The third-order valence-corrected chi connectivity index (χ3v) is 5.29. The molecule has 0 aliphatic heterocycles. The number of nitrogens with one attached hydrogen (secondary N) is 2. The van der Waals surface area contributed by atoms with Crippen LogP contribution < -0.4 is 10.0 Å². The Hall–Kier alpha value is -2.05. The zero-order valence-corrected chi connectivity index (χ0v) is 15.3. The number of amides is 1. The topological polar surface area (TPSA) is 75.3 Å². The lowest BCUT2D eigenvalue weighted by Crippen LogP contribution is -2.23. The van der Waals surface area contributed by atoms with Crippen LogP contribution in [0, 0.1) is 13.8 Å². The Morgan fingerprint density at radius 1 is 1.12 bits per heavy atom. The highest BCUT2D eigenvalue weighted by atomic mass is 35.5. The molecule has 0 aliphatic carbocycles. The monoisotopic (exact) mass is 366 g/mol. The molecule has 0 radical (unpaired) electrons. The van der Waals surface area contributed by atoms with Gasteiger partial charge in [-0.2, -0.15) is 0 Å². The van der Waals surface area contributed by atoms with E-state index in [-0.39, 0.29) is 21.4 Å². The smallest absolute Gasteiger partial charge is 0.263 e. The largest absolute Gasteiger partial charge is 0.352 e. The average Bonchev–Trinajstić information content (AvgIpc) is 2.50. The summed E-state index contributed by atoms with van der Waals surface area (Å²) in [7, 11) is -3.91. The van der Waals surface area contributed by atoms with Crippen molar-refractivity contribution in [3.8, 4) is 0 Å². The molecule has 0 aromatic heterocycles. The van der Waals surface area contributed by atoms with Gasteiger partial charge in [0, 0.05) is 12.1 Å². The Morgan fingerprint density at radius 3 is 2.46 bits per heavy atom. The number of aryl methyl sites for hydroxylation is 2. The molecule has 0 unspecified atom stereocenters. The fraction of sp³-hybridized carbons (Fsp3) is 0.235. The molecule has 7 heteroatoms. The van der Waals surface area contributed by atoms with Crippen molar-refractivity contribution in [1.82, 2.24) is 5.32 Å². The van der Waals surface area contributed by atoms with Crippen LogP contribution in [0.3, 0.4) is 0 Å². The molecule has 2 aromatic rings. The molecule has 0 fully saturated rings. The number of carbonyl (C=O) groups is 1. The highest BCUT2D eigenvalue weighted by molar-refractivity contribution is 7.92. The Kier molecular flexibility index (Phi) is 5.51. The first-order chi connectivity index (χ1) is 11.2. The van der Waals surface area contributed by atoms with Gasteiger partial charge in [0.05, 0.1) is 10.7 Å². The number of sulfonamides is 1. The van der Waals surface area contributed by atoms with Gasteiger partial charge >= 0.3 is 0 Å². The maximum Gasteiger partial charge on any atom is 0.263 e. The van der Waals surface area contributed by atoms with Gasteiger partial charge in [-0.25, -0.2) is 8.42 Å². The highest BCUT2D eigenvalue weighted by Crippen LogP contribution is 2.26. The SMILES string of the molecule is CCNC(=O)c1ccc(Cl)c(S(=O)(=O)Nc2ccc(C)cc2C)c1. The van der Waals surface area contributed by atoms with Crippen LogP contribution in [0.2, 0.25) is 5.02 Å². The lowest BCUT2D eigenvalue weighted by Gasteiger charge is -2.13. The predicted octanol–water partition coefficient (Wildman–Crippen LogP) is 3.51. The van der Waals surface area contributed by atoms with E-state index in [0.717, 1.165) is 11.1 Å². The number of halogens is 1. The average molecular weight is 367 g/mol. The Balaban J connectivity index is 2.41. The molecule has 0 aliphatic rings. The standard InChI is InChI=1S/C17H19ClN2O3S/c1-4-19-17(21)13-6-7-14(18)16(10-13)24(22,23)20-15-8-5-11(2)9-12(15)3/h5-10,20H,4H2,1-3H3,(H,19,21). The summed E-state index contributed by atoms with van der Waals surface area (Å²) in [5.41, 5.74) is 2.55. The molecule has 24 heavy (non-hydrogen) atoms.